The van der Waals surface area contributed by atoms with Crippen LogP contribution in [-0.2, 0) is 9.53 Å². The van der Waals surface area contributed by atoms with E-state index < -0.39 is 23.2 Å². The first-order valence-corrected chi connectivity index (χ1v) is 6.66. The maximum absolute atomic E-state index is 13.3. The monoisotopic (exact) mass is 283 g/mol. The minimum atomic E-state index is -0.630. The van der Waals surface area contributed by atoms with Crippen molar-refractivity contribution >= 4 is 5.97 Å². The highest BCUT2D eigenvalue weighted by atomic mass is 19.1. The lowest BCUT2D eigenvalue weighted by Gasteiger charge is -2.24. The van der Waals surface area contributed by atoms with Gasteiger partial charge in [0.2, 0.25) is 0 Å². The van der Waals surface area contributed by atoms with Gasteiger partial charge in [-0.25, -0.2) is 8.78 Å². The first kappa shape index (κ1) is 14.9. The van der Waals surface area contributed by atoms with Gasteiger partial charge in [-0.05, 0) is 38.5 Å². The molecule has 0 aliphatic carbocycles. The third kappa shape index (κ3) is 3.54. The Labute approximate surface area is 117 Å². The van der Waals surface area contributed by atoms with Gasteiger partial charge in [-0.3, -0.25) is 4.79 Å². The summed E-state index contributed by atoms with van der Waals surface area (Å²) in [5.41, 5.74) is -0.0828. The Morgan fingerprint density at radius 1 is 1.20 bits per heavy atom. The number of ether oxygens (including phenoxy) is 1. The summed E-state index contributed by atoms with van der Waals surface area (Å²) in [6, 6.07) is 3.38. The van der Waals surface area contributed by atoms with Crippen LogP contribution in [0, 0.1) is 17.6 Å². The Morgan fingerprint density at radius 2 is 1.80 bits per heavy atom. The molecule has 2 unspecified atom stereocenters. The molecular weight excluding hydrogens is 264 g/mol. The van der Waals surface area contributed by atoms with E-state index in [4.69, 9.17) is 4.74 Å². The molecule has 0 amide bonds. The maximum Gasteiger partial charge on any atom is 0.311 e. The number of halogens is 2. The number of rotatable bonds is 2. The molecule has 1 aliphatic rings. The van der Waals surface area contributed by atoms with Crippen LogP contribution in [0.5, 0.6) is 0 Å². The van der Waals surface area contributed by atoms with Gasteiger partial charge >= 0.3 is 5.97 Å². The van der Waals surface area contributed by atoms with E-state index in [1.165, 1.54) is 12.1 Å². The van der Waals surface area contributed by atoms with E-state index in [-0.39, 0.29) is 11.9 Å². The number of nitrogens with one attached hydrogen (secondary N) is 1. The fourth-order valence-electron chi connectivity index (χ4n) is 2.44. The lowest BCUT2D eigenvalue weighted by Crippen LogP contribution is -2.31. The van der Waals surface area contributed by atoms with Gasteiger partial charge in [0.1, 0.15) is 17.2 Å². The number of carbonyl (C=O) groups excluding carboxylic acids is 1. The van der Waals surface area contributed by atoms with Gasteiger partial charge in [0.05, 0.1) is 5.92 Å². The van der Waals surface area contributed by atoms with Crippen molar-refractivity contribution in [1.29, 1.82) is 0 Å². The number of esters is 1. The van der Waals surface area contributed by atoms with Crippen LogP contribution in [0.3, 0.4) is 0 Å². The van der Waals surface area contributed by atoms with Crippen LogP contribution >= 0.6 is 0 Å². The van der Waals surface area contributed by atoms with Crippen LogP contribution in [0.2, 0.25) is 0 Å². The lowest BCUT2D eigenvalue weighted by molar-refractivity contribution is -0.159. The molecule has 0 saturated carbocycles. The summed E-state index contributed by atoms with van der Waals surface area (Å²) >= 11 is 0. The first-order valence-electron chi connectivity index (χ1n) is 6.66. The fraction of sp³-hybridized carbons (Fsp3) is 0.533. The second-order valence-corrected chi connectivity index (χ2v) is 6.11. The van der Waals surface area contributed by atoms with Crippen LogP contribution in [-0.4, -0.2) is 24.7 Å². The summed E-state index contributed by atoms with van der Waals surface area (Å²) in [5, 5.41) is 3.08. The number of carbonyl (C=O) groups is 1. The van der Waals surface area contributed by atoms with Gasteiger partial charge in [-0.1, -0.05) is 0 Å². The third-order valence-electron chi connectivity index (χ3n) is 3.24. The molecule has 0 bridgehead atoms. The highest BCUT2D eigenvalue weighted by Crippen LogP contribution is 2.31. The smallest absolute Gasteiger partial charge is 0.311 e. The number of hydrogen-bond donors (Lipinski definition) is 1. The van der Waals surface area contributed by atoms with Crippen molar-refractivity contribution in [2.45, 2.75) is 32.3 Å². The molecule has 0 aromatic heterocycles. The fourth-order valence-corrected chi connectivity index (χ4v) is 2.44. The summed E-state index contributed by atoms with van der Waals surface area (Å²) in [4.78, 5) is 12.2. The molecule has 110 valence electrons. The summed E-state index contributed by atoms with van der Waals surface area (Å²) in [5.74, 6) is -2.28. The highest BCUT2D eigenvalue weighted by Gasteiger charge is 2.37. The topological polar surface area (TPSA) is 38.3 Å². The molecule has 1 aromatic carbocycles. The molecule has 1 saturated heterocycles. The molecule has 0 radical (unpaired) electrons. The van der Waals surface area contributed by atoms with Crippen molar-refractivity contribution < 1.29 is 18.3 Å². The lowest BCUT2D eigenvalue weighted by atomic mass is 9.88. The average molecular weight is 283 g/mol. The molecule has 5 heteroatoms. The quantitative estimate of drug-likeness (QED) is 0.848. The van der Waals surface area contributed by atoms with E-state index in [9.17, 15) is 13.6 Å². The Kier molecular flexibility index (Phi) is 4.09. The zero-order valence-electron chi connectivity index (χ0n) is 11.9. The second-order valence-electron chi connectivity index (χ2n) is 6.11. The van der Waals surface area contributed by atoms with Crippen molar-refractivity contribution in [3.63, 3.8) is 0 Å². The molecule has 1 N–H and O–H groups in total. The SMILES string of the molecule is CC(C)(C)OC(=O)C1CNCC1c1cc(F)cc(F)c1. The summed E-state index contributed by atoms with van der Waals surface area (Å²) in [7, 11) is 0. The molecule has 1 heterocycles. The summed E-state index contributed by atoms with van der Waals surface area (Å²) in [6.07, 6.45) is 0. The molecule has 0 spiro atoms. The van der Waals surface area contributed by atoms with Gasteiger partial charge in [0.25, 0.3) is 0 Å². The van der Waals surface area contributed by atoms with Gasteiger partial charge in [0, 0.05) is 25.1 Å². The van der Waals surface area contributed by atoms with E-state index in [2.05, 4.69) is 5.32 Å². The molecule has 1 aliphatic heterocycles. The molecule has 1 fully saturated rings. The predicted molar refractivity (Wildman–Crippen MR) is 71.3 cm³/mol. The van der Waals surface area contributed by atoms with Crippen LogP contribution in [0.1, 0.15) is 32.3 Å². The van der Waals surface area contributed by atoms with Gasteiger partial charge in [-0.15, -0.1) is 0 Å². The number of benzene rings is 1. The Balaban J connectivity index is 2.20. The van der Waals surface area contributed by atoms with Crippen LogP contribution in [0.4, 0.5) is 8.78 Å². The standard InChI is InChI=1S/C15H19F2NO2/c1-15(2,3)20-14(19)13-8-18-7-12(13)9-4-10(16)6-11(17)5-9/h4-6,12-13,18H,7-8H2,1-3H3. The molecule has 1 aromatic rings. The van der Waals surface area contributed by atoms with Crippen LogP contribution in [0.25, 0.3) is 0 Å². The molecule has 2 atom stereocenters. The Hall–Kier alpha value is -1.49. The minimum Gasteiger partial charge on any atom is -0.460 e. The van der Waals surface area contributed by atoms with Crippen molar-refractivity contribution in [1.82, 2.24) is 5.32 Å². The van der Waals surface area contributed by atoms with Crippen molar-refractivity contribution in [2.24, 2.45) is 5.92 Å². The van der Waals surface area contributed by atoms with Crippen LogP contribution < -0.4 is 5.32 Å². The Morgan fingerprint density at radius 3 is 2.35 bits per heavy atom. The van der Waals surface area contributed by atoms with Crippen molar-refractivity contribution in [3.8, 4) is 0 Å². The van der Waals surface area contributed by atoms with E-state index in [1.807, 2.05) is 0 Å². The molecule has 20 heavy (non-hydrogen) atoms. The maximum atomic E-state index is 13.3. The van der Waals surface area contributed by atoms with Crippen molar-refractivity contribution in [3.05, 3.63) is 35.4 Å². The number of hydrogen-bond acceptors (Lipinski definition) is 3. The largest absolute Gasteiger partial charge is 0.460 e. The molecule has 3 nitrogen and oxygen atoms in total. The van der Waals surface area contributed by atoms with Gasteiger partial charge in [0.15, 0.2) is 0 Å². The average Bonchev–Trinajstić information content (AvgIpc) is 2.73. The van der Waals surface area contributed by atoms with E-state index in [0.717, 1.165) is 6.07 Å². The van der Waals surface area contributed by atoms with E-state index >= 15 is 0 Å². The van der Waals surface area contributed by atoms with E-state index in [1.54, 1.807) is 20.8 Å². The zero-order valence-corrected chi connectivity index (χ0v) is 11.9. The van der Waals surface area contributed by atoms with E-state index in [0.29, 0.717) is 18.7 Å². The second kappa shape index (κ2) is 5.48. The highest BCUT2D eigenvalue weighted by molar-refractivity contribution is 5.75. The third-order valence-corrected chi connectivity index (χ3v) is 3.24. The Bertz CT molecular complexity index is 491. The predicted octanol–water partition coefficient (Wildman–Crippen LogP) is 2.61. The van der Waals surface area contributed by atoms with Crippen molar-refractivity contribution in [2.75, 3.05) is 13.1 Å². The zero-order chi connectivity index (χ0) is 14.9. The summed E-state index contributed by atoms with van der Waals surface area (Å²) < 4.78 is 32.0. The summed E-state index contributed by atoms with van der Waals surface area (Å²) in [6.45, 7) is 6.35. The molecule has 2 rings (SSSR count). The first-order chi connectivity index (χ1) is 9.26. The minimum absolute atomic E-state index is 0.268. The van der Waals surface area contributed by atoms with Crippen LogP contribution in [0.15, 0.2) is 18.2 Å². The normalized spacial score (nSPS) is 22.9. The van der Waals surface area contributed by atoms with Gasteiger partial charge in [-0.2, -0.15) is 0 Å². The van der Waals surface area contributed by atoms with Gasteiger partial charge < -0.3 is 10.1 Å². The molecular formula is C15H19F2NO2.